The van der Waals surface area contributed by atoms with Crippen molar-refractivity contribution in [2.75, 3.05) is 0 Å². The van der Waals surface area contributed by atoms with E-state index >= 15 is 0 Å². The number of hydrogen-bond donors (Lipinski definition) is 1. The molecule has 2 heterocycles. The highest BCUT2D eigenvalue weighted by Crippen LogP contribution is 2.30. The zero-order valence-corrected chi connectivity index (χ0v) is 13.2. The standard InChI is InChI=1S/C16H9BrN2OS/c17-10-5-6-13-9(7-10)8-11(15(18)20-13)16-19-12-3-1-2-4-14(12)21-16/h1-8,18H. The van der Waals surface area contributed by atoms with Crippen LogP contribution in [0.4, 0.5) is 0 Å². The van der Waals surface area contributed by atoms with E-state index in [0.29, 0.717) is 5.58 Å². The van der Waals surface area contributed by atoms with Crippen LogP contribution in [0.25, 0.3) is 31.8 Å². The maximum absolute atomic E-state index is 8.11. The van der Waals surface area contributed by atoms with Crippen molar-refractivity contribution in [3.8, 4) is 10.6 Å². The summed E-state index contributed by atoms with van der Waals surface area (Å²) in [5.74, 6) is 0. The summed E-state index contributed by atoms with van der Waals surface area (Å²) in [6, 6.07) is 15.7. The minimum atomic E-state index is 0.142. The van der Waals surface area contributed by atoms with Gasteiger partial charge in [-0.05, 0) is 36.4 Å². The van der Waals surface area contributed by atoms with Crippen LogP contribution in [0.3, 0.4) is 0 Å². The van der Waals surface area contributed by atoms with Gasteiger partial charge >= 0.3 is 0 Å². The van der Waals surface area contributed by atoms with E-state index in [-0.39, 0.29) is 5.55 Å². The van der Waals surface area contributed by atoms with Crippen LogP contribution in [0.1, 0.15) is 0 Å². The molecular formula is C16H9BrN2OS. The third-order valence-corrected chi connectivity index (χ3v) is 4.82. The molecule has 3 nitrogen and oxygen atoms in total. The van der Waals surface area contributed by atoms with Gasteiger partial charge < -0.3 is 4.42 Å². The second kappa shape index (κ2) is 4.79. The molecule has 0 aliphatic rings. The normalized spacial score (nSPS) is 11.3. The number of rotatable bonds is 1. The number of halogens is 1. The Morgan fingerprint density at radius 2 is 1.95 bits per heavy atom. The molecule has 0 aliphatic carbocycles. The van der Waals surface area contributed by atoms with E-state index in [9.17, 15) is 0 Å². The minimum Gasteiger partial charge on any atom is -0.438 e. The molecule has 21 heavy (non-hydrogen) atoms. The van der Waals surface area contributed by atoms with E-state index in [4.69, 9.17) is 9.83 Å². The van der Waals surface area contributed by atoms with Gasteiger partial charge in [0.15, 0.2) is 0 Å². The summed E-state index contributed by atoms with van der Waals surface area (Å²) in [5, 5.41) is 9.87. The Morgan fingerprint density at radius 1 is 1.10 bits per heavy atom. The van der Waals surface area contributed by atoms with E-state index < -0.39 is 0 Å². The molecule has 5 heteroatoms. The Morgan fingerprint density at radius 3 is 2.81 bits per heavy atom. The average molecular weight is 357 g/mol. The fourth-order valence-corrected chi connectivity index (χ4v) is 3.61. The fraction of sp³-hybridized carbons (Fsp3) is 0. The van der Waals surface area contributed by atoms with Crippen molar-refractivity contribution in [2.24, 2.45) is 0 Å². The Labute approximate surface area is 132 Å². The highest BCUT2D eigenvalue weighted by molar-refractivity contribution is 9.10. The molecule has 4 aromatic rings. The maximum atomic E-state index is 8.11. The van der Waals surface area contributed by atoms with Gasteiger partial charge in [0, 0.05) is 9.86 Å². The first-order chi connectivity index (χ1) is 10.2. The Kier molecular flexibility index (Phi) is 2.90. The third kappa shape index (κ3) is 2.18. The number of benzene rings is 2. The molecule has 0 fully saturated rings. The molecule has 0 amide bonds. The summed E-state index contributed by atoms with van der Waals surface area (Å²) < 4.78 is 7.71. The molecule has 102 valence electrons. The third-order valence-electron chi connectivity index (χ3n) is 3.25. The second-order valence-electron chi connectivity index (χ2n) is 4.66. The van der Waals surface area contributed by atoms with E-state index in [2.05, 4.69) is 20.9 Å². The SMILES string of the molecule is N=c1oc2ccc(Br)cc2cc1-c1nc2ccccc2s1. The predicted octanol–water partition coefficient (Wildman–Crippen LogP) is 4.95. The van der Waals surface area contributed by atoms with Crippen LogP contribution in [-0.2, 0) is 0 Å². The van der Waals surface area contributed by atoms with E-state index in [1.807, 2.05) is 48.5 Å². The van der Waals surface area contributed by atoms with Crippen molar-refractivity contribution in [3.63, 3.8) is 0 Å². The van der Waals surface area contributed by atoms with Crippen molar-refractivity contribution >= 4 is 48.5 Å². The molecule has 2 aromatic carbocycles. The molecule has 0 unspecified atom stereocenters. The largest absolute Gasteiger partial charge is 0.438 e. The quantitative estimate of drug-likeness (QED) is 0.524. The molecule has 0 aliphatic heterocycles. The molecule has 0 radical (unpaired) electrons. The summed E-state index contributed by atoms with van der Waals surface area (Å²) >= 11 is 5.03. The van der Waals surface area contributed by atoms with Crippen LogP contribution >= 0.6 is 27.3 Å². The fourth-order valence-electron chi connectivity index (χ4n) is 2.26. The highest BCUT2D eigenvalue weighted by Gasteiger charge is 2.10. The molecular weight excluding hydrogens is 348 g/mol. The van der Waals surface area contributed by atoms with E-state index in [1.165, 1.54) is 0 Å². The number of hydrogen-bond acceptors (Lipinski definition) is 4. The van der Waals surface area contributed by atoms with Gasteiger partial charge in [-0.1, -0.05) is 28.1 Å². The topological polar surface area (TPSA) is 49.9 Å². The van der Waals surface area contributed by atoms with Gasteiger partial charge in [0.2, 0.25) is 5.55 Å². The molecule has 0 saturated heterocycles. The van der Waals surface area contributed by atoms with Crippen LogP contribution in [0.5, 0.6) is 0 Å². The van der Waals surface area contributed by atoms with Gasteiger partial charge in [0.1, 0.15) is 10.6 Å². The summed E-state index contributed by atoms with van der Waals surface area (Å²) in [7, 11) is 0. The average Bonchev–Trinajstić information content (AvgIpc) is 2.90. The lowest BCUT2D eigenvalue weighted by Crippen LogP contribution is -2.02. The zero-order valence-electron chi connectivity index (χ0n) is 10.8. The number of para-hydroxylation sites is 1. The molecule has 1 N–H and O–H groups in total. The first-order valence-corrected chi connectivity index (χ1v) is 7.95. The van der Waals surface area contributed by atoms with Crippen molar-refractivity contribution in [1.82, 2.24) is 4.98 Å². The number of nitrogens with zero attached hydrogens (tertiary/aromatic N) is 1. The van der Waals surface area contributed by atoms with Crippen LogP contribution in [0.15, 0.2) is 57.4 Å². The Bertz CT molecular complexity index is 1000. The van der Waals surface area contributed by atoms with Crippen molar-refractivity contribution in [2.45, 2.75) is 0 Å². The van der Waals surface area contributed by atoms with Gasteiger partial charge in [-0.15, -0.1) is 11.3 Å². The van der Waals surface area contributed by atoms with Crippen LogP contribution in [0.2, 0.25) is 0 Å². The summed E-state index contributed by atoms with van der Waals surface area (Å²) in [6.45, 7) is 0. The minimum absolute atomic E-state index is 0.142. The number of aromatic nitrogens is 1. The zero-order chi connectivity index (χ0) is 14.4. The van der Waals surface area contributed by atoms with Gasteiger partial charge in [0.25, 0.3) is 0 Å². The first-order valence-electron chi connectivity index (χ1n) is 6.35. The van der Waals surface area contributed by atoms with Gasteiger partial charge in [0.05, 0.1) is 15.8 Å². The van der Waals surface area contributed by atoms with Gasteiger partial charge in [-0.25, -0.2) is 4.98 Å². The van der Waals surface area contributed by atoms with Crippen molar-refractivity contribution < 1.29 is 4.42 Å². The molecule has 2 aromatic heterocycles. The second-order valence-corrected chi connectivity index (χ2v) is 6.60. The number of thiazole rings is 1. The molecule has 0 atom stereocenters. The lowest BCUT2D eigenvalue weighted by atomic mass is 10.2. The highest BCUT2D eigenvalue weighted by atomic mass is 79.9. The maximum Gasteiger partial charge on any atom is 0.222 e. The van der Waals surface area contributed by atoms with Crippen molar-refractivity contribution in [1.29, 1.82) is 5.41 Å². The van der Waals surface area contributed by atoms with Crippen LogP contribution < -0.4 is 5.55 Å². The lowest BCUT2D eigenvalue weighted by molar-refractivity contribution is 0.536. The Hall–Kier alpha value is -1.98. The van der Waals surface area contributed by atoms with Crippen molar-refractivity contribution in [3.05, 3.63) is 58.6 Å². The summed E-state index contributed by atoms with van der Waals surface area (Å²) in [4.78, 5) is 4.60. The predicted molar refractivity (Wildman–Crippen MR) is 88.4 cm³/mol. The number of nitrogens with one attached hydrogen (secondary N) is 1. The van der Waals surface area contributed by atoms with E-state index in [1.54, 1.807) is 11.3 Å². The molecule has 0 bridgehead atoms. The van der Waals surface area contributed by atoms with Crippen LogP contribution in [-0.4, -0.2) is 4.98 Å². The summed E-state index contributed by atoms with van der Waals surface area (Å²) in [6.07, 6.45) is 0. The molecule has 0 spiro atoms. The van der Waals surface area contributed by atoms with E-state index in [0.717, 1.165) is 30.6 Å². The summed E-state index contributed by atoms with van der Waals surface area (Å²) in [5.41, 5.74) is 2.52. The molecule has 4 rings (SSSR count). The first kappa shape index (κ1) is 12.7. The smallest absolute Gasteiger partial charge is 0.222 e. The molecule has 0 saturated carbocycles. The Balaban J connectivity index is 2.00. The monoisotopic (exact) mass is 356 g/mol. The lowest BCUT2D eigenvalue weighted by Gasteiger charge is -2.01. The van der Waals surface area contributed by atoms with Crippen LogP contribution in [0, 0.1) is 5.41 Å². The number of fused-ring (bicyclic) bond motifs is 2. The van der Waals surface area contributed by atoms with Gasteiger partial charge in [-0.2, -0.15) is 0 Å². The van der Waals surface area contributed by atoms with Gasteiger partial charge in [-0.3, -0.25) is 5.41 Å².